The number of hydrogen-bond acceptors (Lipinski definition) is 6. The molecule has 41 heavy (non-hydrogen) atoms. The van der Waals surface area contributed by atoms with Gasteiger partial charge in [0, 0.05) is 67.8 Å². The number of piperazine rings is 1. The Bertz CT molecular complexity index is 1390. The molecule has 2 aliphatic rings. The summed E-state index contributed by atoms with van der Waals surface area (Å²) in [5.41, 5.74) is 4.33. The summed E-state index contributed by atoms with van der Waals surface area (Å²) in [7, 11) is 0. The molecule has 0 spiro atoms. The highest BCUT2D eigenvalue weighted by molar-refractivity contribution is 6.05. The molecule has 3 aromatic rings. The maximum atomic E-state index is 13.0. The fraction of sp³-hybridized carbons (Fsp3) is 0.375. The highest BCUT2D eigenvalue weighted by atomic mass is 16.6. The number of benzene rings is 3. The van der Waals surface area contributed by atoms with Crippen molar-refractivity contribution >= 4 is 34.6 Å². The van der Waals surface area contributed by atoms with Gasteiger partial charge in [0.05, 0.1) is 4.92 Å². The molecule has 0 aliphatic carbocycles. The number of amides is 2. The summed E-state index contributed by atoms with van der Waals surface area (Å²) >= 11 is 0. The number of anilines is 3. The number of hydrogen-bond donors (Lipinski definition) is 1. The van der Waals surface area contributed by atoms with Crippen LogP contribution in [0.2, 0.25) is 0 Å². The SMILES string of the molecule is CCc1ccc(C(=O)N2CCN(c3ccc(NC(=O)c4ccc(N5CCC(C)CC5)c([N+](=O)[O-])c4)cc3)CC2)cc1. The van der Waals surface area contributed by atoms with E-state index >= 15 is 0 Å². The van der Waals surface area contributed by atoms with Gasteiger partial charge in [-0.2, -0.15) is 0 Å². The summed E-state index contributed by atoms with van der Waals surface area (Å²) in [6, 6.07) is 20.1. The van der Waals surface area contributed by atoms with Crippen molar-refractivity contribution in [3.8, 4) is 0 Å². The quantitative estimate of drug-likeness (QED) is 0.301. The summed E-state index contributed by atoms with van der Waals surface area (Å²) in [6.45, 7) is 8.56. The number of nitrogens with zero attached hydrogens (tertiary/aromatic N) is 4. The Kier molecular flexibility index (Phi) is 8.52. The maximum Gasteiger partial charge on any atom is 0.293 e. The second-order valence-electron chi connectivity index (χ2n) is 11.0. The Morgan fingerprint density at radius 3 is 2.10 bits per heavy atom. The average Bonchev–Trinajstić information content (AvgIpc) is 3.01. The van der Waals surface area contributed by atoms with E-state index in [1.54, 1.807) is 12.1 Å². The van der Waals surface area contributed by atoms with Gasteiger partial charge in [-0.1, -0.05) is 26.0 Å². The molecule has 0 atom stereocenters. The Morgan fingerprint density at radius 1 is 0.854 bits per heavy atom. The van der Waals surface area contributed by atoms with Crippen LogP contribution in [0.1, 0.15) is 53.0 Å². The van der Waals surface area contributed by atoms with Gasteiger partial charge in [-0.3, -0.25) is 19.7 Å². The minimum atomic E-state index is -0.408. The van der Waals surface area contributed by atoms with Gasteiger partial charge < -0.3 is 20.0 Å². The molecule has 214 valence electrons. The predicted molar refractivity (Wildman–Crippen MR) is 162 cm³/mol. The standard InChI is InChI=1S/C32H37N5O4/c1-3-24-4-6-25(7-5-24)32(39)36-20-18-34(19-21-36)28-11-9-27(10-12-28)33-31(38)26-8-13-29(30(22-26)37(40)41)35-16-14-23(2)15-17-35/h4-13,22-23H,3,14-21H2,1-2H3,(H,33,38). The molecule has 1 N–H and O–H groups in total. The molecule has 0 radical (unpaired) electrons. The molecule has 2 saturated heterocycles. The van der Waals surface area contributed by atoms with Crippen LogP contribution >= 0.6 is 0 Å². The molecule has 2 amide bonds. The van der Waals surface area contributed by atoms with Crippen molar-refractivity contribution in [2.45, 2.75) is 33.1 Å². The average molecular weight is 556 g/mol. The van der Waals surface area contributed by atoms with E-state index < -0.39 is 10.8 Å². The van der Waals surface area contributed by atoms with Crippen molar-refractivity contribution in [1.82, 2.24) is 4.90 Å². The number of carbonyl (C=O) groups excluding carboxylic acids is 2. The lowest BCUT2D eigenvalue weighted by Gasteiger charge is -2.36. The fourth-order valence-corrected chi connectivity index (χ4v) is 5.52. The summed E-state index contributed by atoms with van der Waals surface area (Å²) in [4.78, 5) is 43.4. The third kappa shape index (κ3) is 6.51. The van der Waals surface area contributed by atoms with E-state index in [4.69, 9.17) is 0 Å². The van der Waals surface area contributed by atoms with Crippen molar-refractivity contribution in [2.75, 3.05) is 54.4 Å². The van der Waals surface area contributed by atoms with E-state index in [2.05, 4.69) is 24.1 Å². The van der Waals surface area contributed by atoms with E-state index in [0.29, 0.717) is 30.4 Å². The Hall–Kier alpha value is -4.40. The fourth-order valence-electron chi connectivity index (χ4n) is 5.52. The van der Waals surface area contributed by atoms with E-state index in [9.17, 15) is 19.7 Å². The van der Waals surface area contributed by atoms with Gasteiger partial charge in [0.2, 0.25) is 0 Å². The monoisotopic (exact) mass is 555 g/mol. The minimum absolute atomic E-state index is 0.0434. The van der Waals surface area contributed by atoms with Crippen LogP contribution in [0.5, 0.6) is 0 Å². The van der Waals surface area contributed by atoms with E-state index in [-0.39, 0.29) is 17.2 Å². The van der Waals surface area contributed by atoms with Gasteiger partial charge in [-0.05, 0) is 79.3 Å². The Labute approximate surface area is 240 Å². The molecular weight excluding hydrogens is 518 g/mol. The van der Waals surface area contributed by atoms with E-state index in [1.807, 2.05) is 58.3 Å². The van der Waals surface area contributed by atoms with Crippen LogP contribution in [0.3, 0.4) is 0 Å². The molecule has 0 unspecified atom stereocenters. The molecule has 9 heteroatoms. The first-order valence-corrected chi connectivity index (χ1v) is 14.4. The lowest BCUT2D eigenvalue weighted by molar-refractivity contribution is -0.384. The van der Waals surface area contributed by atoms with Gasteiger partial charge in [0.15, 0.2) is 0 Å². The first kappa shape index (κ1) is 28.1. The van der Waals surface area contributed by atoms with Gasteiger partial charge >= 0.3 is 0 Å². The number of nitrogens with one attached hydrogen (secondary N) is 1. The summed E-state index contributed by atoms with van der Waals surface area (Å²) in [5.74, 6) is 0.285. The van der Waals surface area contributed by atoms with Crippen molar-refractivity contribution in [2.24, 2.45) is 5.92 Å². The largest absolute Gasteiger partial charge is 0.368 e. The highest BCUT2D eigenvalue weighted by Crippen LogP contribution is 2.32. The maximum absolute atomic E-state index is 13.0. The highest BCUT2D eigenvalue weighted by Gasteiger charge is 2.25. The number of carbonyl (C=O) groups is 2. The molecular formula is C32H37N5O4. The van der Waals surface area contributed by atoms with Gasteiger partial charge in [0.1, 0.15) is 5.69 Å². The molecule has 3 aromatic carbocycles. The second-order valence-corrected chi connectivity index (χ2v) is 11.0. The van der Waals surface area contributed by atoms with Gasteiger partial charge in [-0.25, -0.2) is 0 Å². The van der Waals surface area contributed by atoms with Crippen LogP contribution < -0.4 is 15.1 Å². The van der Waals surface area contributed by atoms with Crippen LogP contribution in [0.15, 0.2) is 66.7 Å². The molecule has 2 heterocycles. The zero-order chi connectivity index (χ0) is 28.9. The Balaban J connectivity index is 1.18. The minimum Gasteiger partial charge on any atom is -0.368 e. The van der Waals surface area contributed by atoms with E-state index in [1.165, 1.54) is 11.6 Å². The normalized spacial score (nSPS) is 16.0. The first-order chi connectivity index (χ1) is 19.8. The van der Waals surface area contributed by atoms with Crippen molar-refractivity contribution in [3.05, 3.63) is 93.5 Å². The summed E-state index contributed by atoms with van der Waals surface area (Å²) in [5, 5.41) is 14.7. The number of nitro groups is 1. The molecule has 0 aromatic heterocycles. The van der Waals surface area contributed by atoms with Crippen LogP contribution in [0.4, 0.5) is 22.7 Å². The topological polar surface area (TPSA) is 99.0 Å². The van der Waals surface area contributed by atoms with Gasteiger partial charge in [-0.15, -0.1) is 0 Å². The zero-order valence-electron chi connectivity index (χ0n) is 23.7. The summed E-state index contributed by atoms with van der Waals surface area (Å²) in [6.07, 6.45) is 2.94. The van der Waals surface area contributed by atoms with Crippen molar-refractivity contribution in [3.63, 3.8) is 0 Å². The molecule has 9 nitrogen and oxygen atoms in total. The molecule has 5 rings (SSSR count). The van der Waals surface area contributed by atoms with Crippen LogP contribution in [0.25, 0.3) is 0 Å². The van der Waals surface area contributed by atoms with Crippen LogP contribution in [0, 0.1) is 16.0 Å². The number of aryl methyl sites for hydroxylation is 1. The van der Waals surface area contributed by atoms with E-state index in [0.717, 1.165) is 56.7 Å². The van der Waals surface area contributed by atoms with Gasteiger partial charge in [0.25, 0.3) is 17.5 Å². The first-order valence-electron chi connectivity index (χ1n) is 14.4. The second kappa shape index (κ2) is 12.4. The van der Waals surface area contributed by atoms with Crippen LogP contribution in [-0.2, 0) is 6.42 Å². The zero-order valence-corrected chi connectivity index (χ0v) is 23.7. The molecule has 0 bridgehead atoms. The number of rotatable bonds is 7. The molecule has 0 saturated carbocycles. The number of piperidine rings is 1. The molecule has 2 fully saturated rings. The lowest BCUT2D eigenvalue weighted by atomic mass is 9.98. The van der Waals surface area contributed by atoms with Crippen LogP contribution in [-0.4, -0.2) is 60.9 Å². The smallest absolute Gasteiger partial charge is 0.293 e. The lowest BCUT2D eigenvalue weighted by Crippen LogP contribution is -2.48. The third-order valence-corrected chi connectivity index (χ3v) is 8.22. The van der Waals surface area contributed by atoms with Crippen molar-refractivity contribution in [1.29, 1.82) is 0 Å². The molecule has 2 aliphatic heterocycles. The predicted octanol–water partition coefficient (Wildman–Crippen LogP) is 5.61. The number of nitro benzene ring substituents is 1. The van der Waals surface area contributed by atoms with Crippen molar-refractivity contribution < 1.29 is 14.5 Å². The summed E-state index contributed by atoms with van der Waals surface area (Å²) < 4.78 is 0. The Morgan fingerprint density at radius 2 is 1.49 bits per heavy atom. The third-order valence-electron chi connectivity index (χ3n) is 8.22.